The topological polar surface area (TPSA) is 68.2 Å². The van der Waals surface area contributed by atoms with Crippen LogP contribution < -0.4 is 4.74 Å². The first kappa shape index (κ1) is 19.1. The van der Waals surface area contributed by atoms with E-state index in [1.807, 2.05) is 48.2 Å². The lowest BCUT2D eigenvalue weighted by molar-refractivity contribution is -0.131. The van der Waals surface area contributed by atoms with Crippen molar-refractivity contribution in [3.05, 3.63) is 78.0 Å². The number of para-hydroxylation sites is 1. The van der Waals surface area contributed by atoms with Crippen molar-refractivity contribution in [1.82, 2.24) is 19.9 Å². The molecule has 2 aromatic heterocycles. The standard InChI is InChI=1S/C23H24N4O2/c1-17-6-2-3-9-21(17)29-22-15-25-14-20(26-22)19-8-5-11-27(16-19)23(28)12-18-7-4-10-24-13-18/h2-4,6-7,9-10,13-15,19H,5,8,11-12,16H2,1H3/t19-/m1/s1. The molecule has 1 atom stereocenters. The van der Waals surface area contributed by atoms with Gasteiger partial charge in [-0.3, -0.25) is 14.8 Å². The third-order valence-corrected chi connectivity index (χ3v) is 5.21. The average molecular weight is 388 g/mol. The van der Waals surface area contributed by atoms with Crippen molar-refractivity contribution in [2.75, 3.05) is 13.1 Å². The lowest BCUT2D eigenvalue weighted by atomic mass is 9.94. The molecule has 29 heavy (non-hydrogen) atoms. The third-order valence-electron chi connectivity index (χ3n) is 5.21. The monoisotopic (exact) mass is 388 g/mol. The minimum atomic E-state index is 0.128. The van der Waals surface area contributed by atoms with Gasteiger partial charge in [-0.15, -0.1) is 0 Å². The molecule has 0 N–H and O–H groups in total. The zero-order chi connectivity index (χ0) is 20.1. The fourth-order valence-electron chi connectivity index (χ4n) is 3.63. The molecule has 0 unspecified atom stereocenters. The van der Waals surface area contributed by atoms with Crippen LogP contribution in [0, 0.1) is 6.92 Å². The molecule has 6 heteroatoms. The number of aryl methyl sites for hydroxylation is 1. The number of hydrogen-bond acceptors (Lipinski definition) is 5. The second kappa shape index (κ2) is 8.82. The largest absolute Gasteiger partial charge is 0.437 e. The van der Waals surface area contributed by atoms with Crippen LogP contribution >= 0.6 is 0 Å². The highest BCUT2D eigenvalue weighted by Crippen LogP contribution is 2.28. The minimum absolute atomic E-state index is 0.128. The van der Waals surface area contributed by atoms with Crippen LogP contribution in [-0.2, 0) is 11.2 Å². The zero-order valence-corrected chi connectivity index (χ0v) is 16.5. The minimum Gasteiger partial charge on any atom is -0.437 e. The van der Waals surface area contributed by atoms with E-state index in [1.54, 1.807) is 24.8 Å². The normalized spacial score (nSPS) is 16.4. The van der Waals surface area contributed by atoms with Crippen LogP contribution in [0.5, 0.6) is 11.6 Å². The fourth-order valence-corrected chi connectivity index (χ4v) is 3.63. The zero-order valence-electron chi connectivity index (χ0n) is 16.5. The lowest BCUT2D eigenvalue weighted by Crippen LogP contribution is -2.40. The number of pyridine rings is 1. The molecule has 1 aliphatic rings. The van der Waals surface area contributed by atoms with E-state index >= 15 is 0 Å². The molecule has 1 fully saturated rings. The SMILES string of the molecule is Cc1ccccc1Oc1cncc([C@@H]2CCCN(C(=O)Cc3cccnc3)C2)n1. The predicted molar refractivity (Wildman–Crippen MR) is 110 cm³/mol. The number of ether oxygens (including phenoxy) is 1. The average Bonchev–Trinajstić information content (AvgIpc) is 2.76. The van der Waals surface area contributed by atoms with Crippen LogP contribution in [0.3, 0.4) is 0 Å². The molecule has 1 aliphatic heterocycles. The van der Waals surface area contributed by atoms with E-state index in [0.717, 1.165) is 42.0 Å². The fraction of sp³-hybridized carbons (Fsp3) is 0.304. The highest BCUT2D eigenvalue weighted by Gasteiger charge is 2.26. The summed E-state index contributed by atoms with van der Waals surface area (Å²) in [5, 5.41) is 0. The molecule has 1 saturated heterocycles. The molecule has 1 aromatic carbocycles. The Morgan fingerprint density at radius 3 is 2.86 bits per heavy atom. The summed E-state index contributed by atoms with van der Waals surface area (Å²) in [7, 11) is 0. The molecular weight excluding hydrogens is 364 g/mol. The van der Waals surface area contributed by atoms with Crippen LogP contribution in [0.1, 0.15) is 35.6 Å². The highest BCUT2D eigenvalue weighted by atomic mass is 16.5. The summed E-state index contributed by atoms with van der Waals surface area (Å²) in [6.07, 6.45) is 9.19. The van der Waals surface area contributed by atoms with Crippen molar-refractivity contribution < 1.29 is 9.53 Å². The molecule has 148 valence electrons. The van der Waals surface area contributed by atoms with Gasteiger partial charge in [-0.2, -0.15) is 0 Å². The molecule has 4 rings (SSSR count). The van der Waals surface area contributed by atoms with Crippen molar-refractivity contribution in [2.24, 2.45) is 0 Å². The summed E-state index contributed by atoms with van der Waals surface area (Å²) in [6.45, 7) is 3.43. The molecule has 0 spiro atoms. The van der Waals surface area contributed by atoms with Gasteiger partial charge in [0.2, 0.25) is 11.8 Å². The van der Waals surface area contributed by atoms with Crippen LogP contribution in [0.2, 0.25) is 0 Å². The van der Waals surface area contributed by atoms with Crippen LogP contribution in [0.15, 0.2) is 61.2 Å². The van der Waals surface area contributed by atoms with Gasteiger partial charge in [-0.05, 0) is 43.0 Å². The maximum absolute atomic E-state index is 12.7. The Bertz CT molecular complexity index is 977. The molecule has 0 aliphatic carbocycles. The van der Waals surface area contributed by atoms with Crippen LogP contribution in [0.4, 0.5) is 0 Å². The predicted octanol–water partition coefficient (Wildman–Crippen LogP) is 3.92. The van der Waals surface area contributed by atoms with Crippen LogP contribution in [0.25, 0.3) is 0 Å². The molecule has 0 radical (unpaired) electrons. The number of amides is 1. The van der Waals surface area contributed by atoms with Crippen molar-refractivity contribution in [3.8, 4) is 11.6 Å². The Balaban J connectivity index is 1.44. The summed E-state index contributed by atoms with van der Waals surface area (Å²) in [6, 6.07) is 11.6. The number of rotatable bonds is 5. The Morgan fingerprint density at radius 1 is 1.14 bits per heavy atom. The van der Waals surface area contributed by atoms with E-state index in [2.05, 4.69) is 15.0 Å². The summed E-state index contributed by atoms with van der Waals surface area (Å²) in [5.74, 6) is 1.55. The summed E-state index contributed by atoms with van der Waals surface area (Å²) in [5.41, 5.74) is 2.85. The van der Waals surface area contributed by atoms with Crippen molar-refractivity contribution in [2.45, 2.75) is 32.1 Å². The van der Waals surface area contributed by atoms with E-state index in [-0.39, 0.29) is 11.8 Å². The number of aromatic nitrogens is 3. The van der Waals surface area contributed by atoms with Gasteiger partial charge in [0.05, 0.1) is 18.3 Å². The molecular formula is C23H24N4O2. The molecule has 3 heterocycles. The van der Waals surface area contributed by atoms with Crippen molar-refractivity contribution >= 4 is 5.91 Å². The van der Waals surface area contributed by atoms with Gasteiger partial charge in [0.25, 0.3) is 0 Å². The van der Waals surface area contributed by atoms with E-state index in [1.165, 1.54) is 0 Å². The highest BCUT2D eigenvalue weighted by molar-refractivity contribution is 5.78. The number of carbonyl (C=O) groups is 1. The van der Waals surface area contributed by atoms with Gasteiger partial charge in [0, 0.05) is 37.6 Å². The maximum atomic E-state index is 12.7. The first-order chi connectivity index (χ1) is 14.2. The molecule has 0 saturated carbocycles. The van der Waals surface area contributed by atoms with Gasteiger partial charge in [-0.25, -0.2) is 4.98 Å². The second-order valence-electron chi connectivity index (χ2n) is 7.37. The number of likely N-dealkylation sites (tertiary alicyclic amines) is 1. The molecule has 3 aromatic rings. The van der Waals surface area contributed by atoms with Gasteiger partial charge in [0.15, 0.2) is 0 Å². The van der Waals surface area contributed by atoms with Gasteiger partial charge in [0.1, 0.15) is 5.75 Å². The summed E-state index contributed by atoms with van der Waals surface area (Å²) < 4.78 is 5.93. The van der Waals surface area contributed by atoms with Crippen LogP contribution in [-0.4, -0.2) is 38.8 Å². The molecule has 6 nitrogen and oxygen atoms in total. The Kier molecular flexibility index (Phi) is 5.79. The Hall–Kier alpha value is -3.28. The first-order valence-corrected chi connectivity index (χ1v) is 9.91. The number of carbonyl (C=O) groups excluding carboxylic acids is 1. The van der Waals surface area contributed by atoms with E-state index in [0.29, 0.717) is 18.8 Å². The smallest absolute Gasteiger partial charge is 0.238 e. The molecule has 1 amide bonds. The van der Waals surface area contributed by atoms with E-state index < -0.39 is 0 Å². The quantitative estimate of drug-likeness (QED) is 0.663. The van der Waals surface area contributed by atoms with E-state index in [4.69, 9.17) is 4.74 Å². The maximum Gasteiger partial charge on any atom is 0.238 e. The Labute approximate surface area is 170 Å². The van der Waals surface area contributed by atoms with Crippen molar-refractivity contribution in [3.63, 3.8) is 0 Å². The lowest BCUT2D eigenvalue weighted by Gasteiger charge is -2.32. The van der Waals surface area contributed by atoms with Gasteiger partial charge >= 0.3 is 0 Å². The Morgan fingerprint density at radius 2 is 2.03 bits per heavy atom. The number of hydrogen-bond donors (Lipinski definition) is 0. The second-order valence-corrected chi connectivity index (χ2v) is 7.37. The number of nitrogens with zero attached hydrogens (tertiary/aromatic N) is 4. The van der Waals surface area contributed by atoms with Crippen molar-refractivity contribution in [1.29, 1.82) is 0 Å². The third kappa shape index (κ3) is 4.77. The first-order valence-electron chi connectivity index (χ1n) is 9.91. The summed E-state index contributed by atoms with van der Waals surface area (Å²) in [4.78, 5) is 27.8. The number of piperidine rings is 1. The molecule has 0 bridgehead atoms. The van der Waals surface area contributed by atoms with Gasteiger partial charge < -0.3 is 9.64 Å². The van der Waals surface area contributed by atoms with Gasteiger partial charge in [-0.1, -0.05) is 24.3 Å². The number of benzene rings is 1. The van der Waals surface area contributed by atoms with E-state index in [9.17, 15) is 4.79 Å². The summed E-state index contributed by atoms with van der Waals surface area (Å²) >= 11 is 0.